The molecule has 0 radical (unpaired) electrons. The molecular weight excluding hydrogens is 260 g/mol. The molecule has 21 heavy (non-hydrogen) atoms. The Hall–Kier alpha value is -2.55. The van der Waals surface area contributed by atoms with Gasteiger partial charge in [0.2, 0.25) is 5.88 Å². The first-order valence-corrected chi connectivity index (χ1v) is 6.99. The lowest BCUT2D eigenvalue weighted by Crippen LogP contribution is -1.98. The smallest absolute Gasteiger partial charge is 0.239 e. The van der Waals surface area contributed by atoms with Crippen LogP contribution in [0.15, 0.2) is 48.5 Å². The number of aryl methyl sites for hydroxylation is 2. The van der Waals surface area contributed by atoms with E-state index in [-0.39, 0.29) is 5.88 Å². The molecule has 1 heterocycles. The first-order chi connectivity index (χ1) is 10.1. The Kier molecular flexibility index (Phi) is 3.26. The highest BCUT2D eigenvalue weighted by atomic mass is 16.3. The highest BCUT2D eigenvalue weighted by molar-refractivity contribution is 5.71. The van der Waals surface area contributed by atoms with Gasteiger partial charge in [0, 0.05) is 0 Å². The number of hydrogen-bond acceptors (Lipinski definition) is 2. The highest BCUT2D eigenvalue weighted by Gasteiger charge is 2.16. The fourth-order valence-electron chi connectivity index (χ4n) is 2.48. The van der Waals surface area contributed by atoms with E-state index in [0.717, 1.165) is 22.5 Å². The maximum absolute atomic E-state index is 10.2. The van der Waals surface area contributed by atoms with Gasteiger partial charge in [-0.3, -0.25) is 0 Å². The monoisotopic (exact) mass is 278 g/mol. The van der Waals surface area contributed by atoms with E-state index in [1.807, 2.05) is 62.4 Å². The van der Waals surface area contributed by atoms with E-state index in [0.29, 0.717) is 0 Å². The van der Waals surface area contributed by atoms with Crippen molar-refractivity contribution < 1.29 is 5.11 Å². The molecule has 0 saturated carbocycles. The average molecular weight is 278 g/mol. The number of benzene rings is 2. The van der Waals surface area contributed by atoms with Crippen molar-refractivity contribution in [2.75, 3.05) is 0 Å². The van der Waals surface area contributed by atoms with Crippen LogP contribution in [0.3, 0.4) is 0 Å². The van der Waals surface area contributed by atoms with E-state index >= 15 is 0 Å². The first-order valence-electron chi connectivity index (χ1n) is 6.99. The van der Waals surface area contributed by atoms with Gasteiger partial charge in [0.25, 0.3) is 0 Å². The highest BCUT2D eigenvalue weighted by Crippen LogP contribution is 2.33. The summed E-state index contributed by atoms with van der Waals surface area (Å²) in [6, 6.07) is 16.2. The summed E-state index contributed by atoms with van der Waals surface area (Å²) in [6.45, 7) is 6.07. The summed E-state index contributed by atoms with van der Waals surface area (Å²) in [4.78, 5) is 0. The molecule has 2 aromatic carbocycles. The van der Waals surface area contributed by atoms with Gasteiger partial charge < -0.3 is 5.11 Å². The normalized spacial score (nSPS) is 10.8. The predicted molar refractivity (Wildman–Crippen MR) is 84.9 cm³/mol. The second-order valence-electron chi connectivity index (χ2n) is 5.40. The van der Waals surface area contributed by atoms with Gasteiger partial charge in [-0.25, -0.2) is 4.68 Å². The van der Waals surface area contributed by atoms with Crippen molar-refractivity contribution in [2.45, 2.75) is 20.8 Å². The van der Waals surface area contributed by atoms with Crippen LogP contribution in [0.4, 0.5) is 0 Å². The molecule has 0 saturated heterocycles. The van der Waals surface area contributed by atoms with E-state index in [1.165, 1.54) is 11.1 Å². The lowest BCUT2D eigenvalue weighted by atomic mass is 10.0. The molecule has 3 rings (SSSR count). The number of nitrogens with zero attached hydrogens (tertiary/aromatic N) is 2. The molecule has 1 N–H and O–H groups in total. The van der Waals surface area contributed by atoms with Gasteiger partial charge in [-0.1, -0.05) is 47.5 Å². The SMILES string of the molecule is Cc1ccc(-c2c(O)nn(-c3ccc(C)cc3)c2C)cc1. The Bertz CT molecular complexity index is 768. The zero-order valence-corrected chi connectivity index (χ0v) is 12.5. The molecule has 0 aliphatic heterocycles. The van der Waals surface area contributed by atoms with E-state index in [9.17, 15) is 5.11 Å². The fraction of sp³-hybridized carbons (Fsp3) is 0.167. The number of aromatic hydroxyl groups is 1. The standard InChI is InChI=1S/C18H18N2O/c1-12-4-8-15(9-5-12)17-14(3)20(19-18(17)21)16-10-6-13(2)7-11-16/h4-11H,1-3H3,(H,19,21). The largest absolute Gasteiger partial charge is 0.492 e. The molecule has 3 aromatic rings. The van der Waals surface area contributed by atoms with Gasteiger partial charge in [0.05, 0.1) is 16.9 Å². The van der Waals surface area contributed by atoms with Crippen LogP contribution >= 0.6 is 0 Å². The number of hydrogen-bond donors (Lipinski definition) is 1. The molecule has 3 nitrogen and oxygen atoms in total. The zero-order chi connectivity index (χ0) is 15.0. The zero-order valence-electron chi connectivity index (χ0n) is 12.5. The Balaban J connectivity index is 2.12. The summed E-state index contributed by atoms with van der Waals surface area (Å²) >= 11 is 0. The molecule has 106 valence electrons. The summed E-state index contributed by atoms with van der Waals surface area (Å²) in [6.07, 6.45) is 0. The third-order valence-electron chi connectivity index (χ3n) is 3.72. The quantitative estimate of drug-likeness (QED) is 0.764. The molecule has 0 spiro atoms. The number of rotatable bonds is 2. The van der Waals surface area contributed by atoms with Crippen LogP contribution in [-0.4, -0.2) is 14.9 Å². The molecule has 0 atom stereocenters. The fourth-order valence-corrected chi connectivity index (χ4v) is 2.48. The van der Waals surface area contributed by atoms with Gasteiger partial charge >= 0.3 is 0 Å². The number of aromatic nitrogens is 2. The summed E-state index contributed by atoms with van der Waals surface area (Å²) in [5, 5.41) is 14.5. The molecule has 0 amide bonds. The Morgan fingerprint density at radius 3 is 1.90 bits per heavy atom. The van der Waals surface area contributed by atoms with E-state index in [4.69, 9.17) is 0 Å². The van der Waals surface area contributed by atoms with Crippen molar-refractivity contribution in [1.82, 2.24) is 9.78 Å². The summed E-state index contributed by atoms with van der Waals surface area (Å²) in [5.74, 6) is 0.0666. The van der Waals surface area contributed by atoms with Crippen molar-refractivity contribution in [1.29, 1.82) is 0 Å². The summed E-state index contributed by atoms with van der Waals surface area (Å²) in [7, 11) is 0. The van der Waals surface area contributed by atoms with Gasteiger partial charge in [0.15, 0.2) is 0 Å². The van der Waals surface area contributed by atoms with Gasteiger partial charge in [-0.05, 0) is 38.5 Å². The first kappa shape index (κ1) is 13.4. The third kappa shape index (κ3) is 2.42. The maximum Gasteiger partial charge on any atom is 0.239 e. The van der Waals surface area contributed by atoms with E-state index in [1.54, 1.807) is 4.68 Å². The summed E-state index contributed by atoms with van der Waals surface area (Å²) in [5.41, 5.74) is 6.05. The van der Waals surface area contributed by atoms with Crippen molar-refractivity contribution in [3.63, 3.8) is 0 Å². The van der Waals surface area contributed by atoms with Gasteiger partial charge in [-0.15, -0.1) is 5.10 Å². The van der Waals surface area contributed by atoms with Crippen LogP contribution in [0.1, 0.15) is 16.8 Å². The molecule has 3 heteroatoms. The molecule has 0 fully saturated rings. The minimum absolute atomic E-state index is 0.0666. The lowest BCUT2D eigenvalue weighted by Gasteiger charge is -2.06. The minimum atomic E-state index is 0.0666. The van der Waals surface area contributed by atoms with Crippen molar-refractivity contribution in [3.05, 3.63) is 65.4 Å². The van der Waals surface area contributed by atoms with Crippen molar-refractivity contribution in [2.24, 2.45) is 0 Å². The maximum atomic E-state index is 10.2. The van der Waals surface area contributed by atoms with Gasteiger partial charge in [0.1, 0.15) is 0 Å². The van der Waals surface area contributed by atoms with Crippen LogP contribution in [0.2, 0.25) is 0 Å². The van der Waals surface area contributed by atoms with Crippen molar-refractivity contribution in [3.8, 4) is 22.7 Å². The third-order valence-corrected chi connectivity index (χ3v) is 3.72. The van der Waals surface area contributed by atoms with Crippen LogP contribution in [0.5, 0.6) is 5.88 Å². The van der Waals surface area contributed by atoms with Crippen LogP contribution in [0.25, 0.3) is 16.8 Å². The summed E-state index contributed by atoms with van der Waals surface area (Å²) < 4.78 is 1.78. The van der Waals surface area contributed by atoms with E-state index in [2.05, 4.69) is 12.0 Å². The Labute approximate surface area is 124 Å². The lowest BCUT2D eigenvalue weighted by molar-refractivity contribution is 0.449. The topological polar surface area (TPSA) is 38.1 Å². The molecule has 0 aliphatic carbocycles. The predicted octanol–water partition coefficient (Wildman–Crippen LogP) is 4.17. The second kappa shape index (κ2) is 5.09. The van der Waals surface area contributed by atoms with Crippen LogP contribution in [-0.2, 0) is 0 Å². The Morgan fingerprint density at radius 1 is 0.810 bits per heavy atom. The molecule has 1 aromatic heterocycles. The second-order valence-corrected chi connectivity index (χ2v) is 5.40. The average Bonchev–Trinajstić information content (AvgIpc) is 2.76. The molecular formula is C18H18N2O. The van der Waals surface area contributed by atoms with Gasteiger partial charge in [-0.2, -0.15) is 0 Å². The Morgan fingerprint density at radius 2 is 1.33 bits per heavy atom. The minimum Gasteiger partial charge on any atom is -0.492 e. The van der Waals surface area contributed by atoms with E-state index < -0.39 is 0 Å². The van der Waals surface area contributed by atoms with Crippen LogP contribution < -0.4 is 0 Å². The van der Waals surface area contributed by atoms with Crippen molar-refractivity contribution >= 4 is 0 Å². The molecule has 0 bridgehead atoms. The molecule has 0 unspecified atom stereocenters. The molecule has 0 aliphatic rings. The van der Waals surface area contributed by atoms with Crippen LogP contribution in [0, 0.1) is 20.8 Å².